The first-order valence-electron chi connectivity index (χ1n) is 8.88. The summed E-state index contributed by atoms with van der Waals surface area (Å²) in [6, 6.07) is 3.49. The molecular formula is C18H19F3N6O. The molecule has 0 radical (unpaired) electrons. The van der Waals surface area contributed by atoms with Crippen LogP contribution in [0.25, 0.3) is 11.0 Å². The summed E-state index contributed by atoms with van der Waals surface area (Å²) in [4.78, 5) is 8.54. The van der Waals surface area contributed by atoms with Crippen molar-refractivity contribution in [2.75, 3.05) is 25.5 Å². The van der Waals surface area contributed by atoms with Crippen molar-refractivity contribution in [2.24, 2.45) is 0 Å². The van der Waals surface area contributed by atoms with Gasteiger partial charge in [0, 0.05) is 0 Å². The minimum atomic E-state index is -4.45. The molecule has 0 aliphatic carbocycles. The Morgan fingerprint density at radius 3 is 2.71 bits per heavy atom. The highest BCUT2D eigenvalue weighted by Gasteiger charge is 2.31. The predicted octanol–water partition coefficient (Wildman–Crippen LogP) is 3.52. The Bertz CT molecular complexity index is 981. The van der Waals surface area contributed by atoms with Gasteiger partial charge < -0.3 is 15.4 Å². The monoisotopic (exact) mass is 392 g/mol. The highest BCUT2D eigenvalue weighted by Crippen LogP contribution is 2.37. The number of nitrogens with zero attached hydrogens (tertiary/aromatic N) is 4. The maximum absolute atomic E-state index is 13.1. The fraction of sp³-hybridized carbons (Fsp3) is 0.389. The molecule has 0 unspecified atom stereocenters. The lowest BCUT2D eigenvalue weighted by molar-refractivity contribution is -0.137. The SMILES string of the molecule is COc1ccc(C(F)(F)F)cc1Nc1ncnc2c1cnn2C1CCNCC1. The largest absolute Gasteiger partial charge is 0.495 e. The number of halogens is 3. The van der Waals surface area contributed by atoms with Crippen LogP contribution in [0.2, 0.25) is 0 Å². The first-order chi connectivity index (χ1) is 13.5. The maximum atomic E-state index is 13.1. The molecule has 2 aromatic heterocycles. The average Bonchev–Trinajstić information content (AvgIpc) is 3.13. The fourth-order valence-electron chi connectivity index (χ4n) is 3.39. The molecule has 148 valence electrons. The number of rotatable bonds is 4. The highest BCUT2D eigenvalue weighted by molar-refractivity contribution is 5.89. The van der Waals surface area contributed by atoms with Gasteiger partial charge in [-0.15, -0.1) is 0 Å². The van der Waals surface area contributed by atoms with Gasteiger partial charge in [0.25, 0.3) is 0 Å². The van der Waals surface area contributed by atoms with Crippen molar-refractivity contribution in [1.82, 2.24) is 25.1 Å². The van der Waals surface area contributed by atoms with Crippen molar-refractivity contribution in [3.8, 4) is 5.75 Å². The van der Waals surface area contributed by atoms with Crippen LogP contribution in [0, 0.1) is 0 Å². The van der Waals surface area contributed by atoms with Crippen LogP contribution in [0.3, 0.4) is 0 Å². The number of anilines is 2. The van der Waals surface area contributed by atoms with Gasteiger partial charge in [0.1, 0.15) is 17.9 Å². The van der Waals surface area contributed by atoms with Gasteiger partial charge in [0.2, 0.25) is 0 Å². The van der Waals surface area contributed by atoms with Crippen LogP contribution in [-0.2, 0) is 6.18 Å². The van der Waals surface area contributed by atoms with Crippen molar-refractivity contribution in [3.05, 3.63) is 36.3 Å². The molecule has 1 aliphatic heterocycles. The molecule has 1 fully saturated rings. The number of methoxy groups -OCH3 is 1. The van der Waals surface area contributed by atoms with Gasteiger partial charge >= 0.3 is 6.18 Å². The van der Waals surface area contributed by atoms with Crippen molar-refractivity contribution in [1.29, 1.82) is 0 Å². The van der Waals surface area contributed by atoms with E-state index in [1.54, 1.807) is 6.20 Å². The van der Waals surface area contributed by atoms with Crippen LogP contribution in [0.4, 0.5) is 24.7 Å². The van der Waals surface area contributed by atoms with Crippen molar-refractivity contribution < 1.29 is 17.9 Å². The second-order valence-corrected chi connectivity index (χ2v) is 6.57. The number of ether oxygens (including phenoxy) is 1. The quantitative estimate of drug-likeness (QED) is 0.708. The molecule has 3 heterocycles. The van der Waals surface area contributed by atoms with Gasteiger partial charge in [-0.3, -0.25) is 0 Å². The highest BCUT2D eigenvalue weighted by atomic mass is 19.4. The van der Waals surface area contributed by atoms with E-state index >= 15 is 0 Å². The summed E-state index contributed by atoms with van der Waals surface area (Å²) in [6.07, 6.45) is 0.434. The van der Waals surface area contributed by atoms with Crippen molar-refractivity contribution >= 4 is 22.5 Å². The lowest BCUT2D eigenvalue weighted by atomic mass is 10.1. The van der Waals surface area contributed by atoms with E-state index in [1.807, 2.05) is 4.68 Å². The molecular weight excluding hydrogens is 373 g/mol. The van der Waals surface area contributed by atoms with E-state index in [9.17, 15) is 13.2 Å². The number of piperidine rings is 1. The first kappa shape index (κ1) is 18.5. The van der Waals surface area contributed by atoms with E-state index in [4.69, 9.17) is 4.74 Å². The second-order valence-electron chi connectivity index (χ2n) is 6.57. The summed E-state index contributed by atoms with van der Waals surface area (Å²) in [5.74, 6) is 0.660. The number of fused-ring (bicyclic) bond motifs is 1. The first-order valence-corrected chi connectivity index (χ1v) is 8.88. The molecule has 1 saturated heterocycles. The number of aromatic nitrogens is 4. The van der Waals surface area contributed by atoms with Crippen molar-refractivity contribution in [2.45, 2.75) is 25.1 Å². The lowest BCUT2D eigenvalue weighted by Crippen LogP contribution is -2.29. The molecule has 7 nitrogen and oxygen atoms in total. The third kappa shape index (κ3) is 3.47. The Morgan fingerprint density at radius 2 is 2.00 bits per heavy atom. The molecule has 1 aliphatic rings. The zero-order valence-electron chi connectivity index (χ0n) is 15.1. The topological polar surface area (TPSA) is 76.9 Å². The van der Waals surface area contributed by atoms with Gasteiger partial charge in [0.05, 0.1) is 36.0 Å². The number of nitrogens with one attached hydrogen (secondary N) is 2. The Hall–Kier alpha value is -2.88. The van der Waals surface area contributed by atoms with Gasteiger partial charge in [-0.05, 0) is 44.1 Å². The van der Waals surface area contributed by atoms with Gasteiger partial charge in [-0.2, -0.15) is 18.3 Å². The minimum Gasteiger partial charge on any atom is -0.495 e. The second kappa shape index (κ2) is 7.27. The summed E-state index contributed by atoms with van der Waals surface area (Å²) in [5.41, 5.74) is 0.0498. The van der Waals surface area contributed by atoms with Gasteiger partial charge in [-0.25, -0.2) is 14.6 Å². The summed E-state index contributed by atoms with van der Waals surface area (Å²) < 4.78 is 46.3. The summed E-state index contributed by atoms with van der Waals surface area (Å²) in [6.45, 7) is 1.81. The van der Waals surface area contributed by atoms with E-state index in [-0.39, 0.29) is 17.5 Å². The molecule has 1 aromatic carbocycles. The molecule has 10 heteroatoms. The minimum absolute atomic E-state index is 0.173. The zero-order chi connectivity index (χ0) is 19.7. The van der Waals surface area contributed by atoms with E-state index < -0.39 is 11.7 Å². The Kier molecular flexibility index (Phi) is 4.80. The summed E-state index contributed by atoms with van der Waals surface area (Å²) in [5, 5.41) is 11.4. The number of hydrogen-bond acceptors (Lipinski definition) is 6. The Balaban J connectivity index is 1.71. The number of hydrogen-bond donors (Lipinski definition) is 2. The smallest absolute Gasteiger partial charge is 0.416 e. The molecule has 0 spiro atoms. The van der Waals surface area contributed by atoms with Gasteiger partial charge in [-0.1, -0.05) is 0 Å². The predicted molar refractivity (Wildman–Crippen MR) is 97.7 cm³/mol. The summed E-state index contributed by atoms with van der Waals surface area (Å²) in [7, 11) is 1.40. The third-order valence-electron chi connectivity index (χ3n) is 4.83. The third-order valence-corrected chi connectivity index (χ3v) is 4.83. The standard InChI is InChI=1S/C18H19F3N6O/c1-28-15-3-2-11(18(19,20)21)8-14(15)26-16-13-9-25-27(17(13)24-10-23-16)12-4-6-22-7-5-12/h2-3,8-10,12,22H,4-7H2,1H3,(H,23,24,26). The van der Waals surface area contributed by atoms with Crippen LogP contribution in [-0.4, -0.2) is 39.9 Å². The van der Waals surface area contributed by atoms with Crippen LogP contribution >= 0.6 is 0 Å². The van der Waals surface area contributed by atoms with Crippen LogP contribution < -0.4 is 15.4 Å². The van der Waals surface area contributed by atoms with E-state index in [1.165, 1.54) is 19.5 Å². The maximum Gasteiger partial charge on any atom is 0.416 e. The normalized spacial score (nSPS) is 15.7. The molecule has 28 heavy (non-hydrogen) atoms. The molecule has 2 N–H and O–H groups in total. The Morgan fingerprint density at radius 1 is 1.21 bits per heavy atom. The molecule has 0 atom stereocenters. The van der Waals surface area contributed by atoms with Crippen LogP contribution in [0.1, 0.15) is 24.4 Å². The van der Waals surface area contributed by atoms with Crippen LogP contribution in [0.5, 0.6) is 5.75 Å². The van der Waals surface area contributed by atoms with Crippen molar-refractivity contribution in [3.63, 3.8) is 0 Å². The molecule has 3 aromatic rings. The average molecular weight is 392 g/mol. The van der Waals surface area contributed by atoms with Crippen LogP contribution in [0.15, 0.2) is 30.7 Å². The molecule has 4 rings (SSSR count). The van der Waals surface area contributed by atoms with E-state index in [0.29, 0.717) is 16.9 Å². The van der Waals surface area contributed by atoms with E-state index in [0.717, 1.165) is 38.1 Å². The lowest BCUT2D eigenvalue weighted by Gasteiger charge is -2.23. The fourth-order valence-corrected chi connectivity index (χ4v) is 3.39. The molecule has 0 saturated carbocycles. The van der Waals surface area contributed by atoms with Gasteiger partial charge in [0.15, 0.2) is 5.65 Å². The van der Waals surface area contributed by atoms with E-state index in [2.05, 4.69) is 25.7 Å². The molecule has 0 amide bonds. The number of alkyl halides is 3. The Labute approximate surface area is 158 Å². The number of benzene rings is 1. The summed E-state index contributed by atoms with van der Waals surface area (Å²) >= 11 is 0. The molecule has 0 bridgehead atoms. The zero-order valence-corrected chi connectivity index (χ0v) is 15.1.